The fraction of sp³-hybridized carbons (Fsp3) is 0.240. The van der Waals surface area contributed by atoms with Gasteiger partial charge < -0.3 is 19.7 Å². The van der Waals surface area contributed by atoms with Gasteiger partial charge in [-0.2, -0.15) is 0 Å². The number of aromatic nitrogens is 1. The monoisotopic (exact) mass is 450 g/mol. The molecule has 3 rings (SSSR count). The Morgan fingerprint density at radius 2 is 1.33 bits per heavy atom. The zero-order valence-corrected chi connectivity index (χ0v) is 18.1. The maximum Gasteiger partial charge on any atom is 0.317 e. The van der Waals surface area contributed by atoms with Crippen molar-refractivity contribution in [1.82, 2.24) is 9.88 Å². The predicted octanol–water partition coefficient (Wildman–Crippen LogP) is 3.25. The van der Waals surface area contributed by atoms with Crippen LogP contribution in [0.3, 0.4) is 0 Å². The van der Waals surface area contributed by atoms with Crippen LogP contribution < -0.4 is 9.47 Å². The smallest absolute Gasteiger partial charge is 0.317 e. The summed E-state index contributed by atoms with van der Waals surface area (Å²) in [7, 11) is 0. The third-order valence-corrected chi connectivity index (χ3v) is 4.71. The first-order chi connectivity index (χ1) is 16.0. The van der Waals surface area contributed by atoms with Gasteiger partial charge >= 0.3 is 11.9 Å². The van der Waals surface area contributed by atoms with Gasteiger partial charge in [0.25, 0.3) is 0 Å². The van der Waals surface area contributed by atoms with Crippen LogP contribution in [0.25, 0.3) is 0 Å². The molecule has 1 heterocycles. The first kappa shape index (κ1) is 23.7. The van der Waals surface area contributed by atoms with E-state index >= 15 is 0 Å². The molecule has 2 aromatic carbocycles. The molecule has 172 valence electrons. The second-order valence-electron chi connectivity index (χ2n) is 7.43. The van der Waals surface area contributed by atoms with Crippen molar-refractivity contribution in [3.05, 3.63) is 89.6 Å². The third kappa shape index (κ3) is 8.62. The molecule has 2 N–H and O–H groups in total. The van der Waals surface area contributed by atoms with Crippen LogP contribution in [0.2, 0.25) is 0 Å². The number of nitrogens with zero attached hydrogens (tertiary/aromatic N) is 2. The normalized spacial score (nSPS) is 10.7. The van der Waals surface area contributed by atoms with Crippen LogP contribution >= 0.6 is 0 Å². The Bertz CT molecular complexity index is 966. The molecule has 33 heavy (non-hydrogen) atoms. The molecular formula is C25H26N2O6. The topological polar surface area (TPSA) is 109 Å². The average molecular weight is 450 g/mol. The van der Waals surface area contributed by atoms with E-state index in [1.165, 1.54) is 4.90 Å². The Morgan fingerprint density at radius 1 is 0.788 bits per heavy atom. The van der Waals surface area contributed by atoms with Crippen molar-refractivity contribution in [2.45, 2.75) is 19.6 Å². The number of aliphatic carboxylic acids is 2. The van der Waals surface area contributed by atoms with Crippen LogP contribution in [0.4, 0.5) is 0 Å². The fourth-order valence-corrected chi connectivity index (χ4v) is 3.16. The number of carboxylic acids is 2. The summed E-state index contributed by atoms with van der Waals surface area (Å²) < 4.78 is 11.8. The molecule has 0 amide bonds. The number of hydrogen-bond donors (Lipinski definition) is 2. The molecule has 0 saturated carbocycles. The summed E-state index contributed by atoms with van der Waals surface area (Å²) in [6.07, 6.45) is 0.338. The Balaban J connectivity index is 1.73. The minimum atomic E-state index is -1.09. The van der Waals surface area contributed by atoms with Crippen molar-refractivity contribution in [2.24, 2.45) is 0 Å². The van der Waals surface area contributed by atoms with Gasteiger partial charge in [-0.3, -0.25) is 14.5 Å². The standard InChI is InChI=1S/C25H26N2O6/c28-24(29)15-27(16-25(30)31)12-11-21-13-22(32-17-19-7-3-1-4-8-19)14-23(26-21)33-18-20-9-5-2-6-10-20/h1-10,13-14H,11-12,15-18H2,(H,28,29)(H,30,31). The summed E-state index contributed by atoms with van der Waals surface area (Å²) in [5.41, 5.74) is 2.62. The molecule has 0 aliphatic heterocycles. The van der Waals surface area contributed by atoms with E-state index in [9.17, 15) is 9.59 Å². The molecule has 0 unspecified atom stereocenters. The highest BCUT2D eigenvalue weighted by Crippen LogP contribution is 2.22. The Kier molecular flexibility index (Phi) is 8.79. The van der Waals surface area contributed by atoms with Gasteiger partial charge in [0.1, 0.15) is 19.0 Å². The molecule has 8 nitrogen and oxygen atoms in total. The molecule has 0 aliphatic carbocycles. The number of pyridine rings is 1. The molecule has 0 radical (unpaired) electrons. The van der Waals surface area contributed by atoms with Crippen LogP contribution in [0.1, 0.15) is 16.8 Å². The van der Waals surface area contributed by atoms with E-state index in [1.54, 1.807) is 12.1 Å². The number of hydrogen-bond acceptors (Lipinski definition) is 6. The Labute approximate surface area is 192 Å². The summed E-state index contributed by atoms with van der Waals surface area (Å²) in [5.74, 6) is -1.23. The van der Waals surface area contributed by atoms with Gasteiger partial charge in [0.2, 0.25) is 5.88 Å². The van der Waals surface area contributed by atoms with Gasteiger partial charge in [-0.25, -0.2) is 4.98 Å². The van der Waals surface area contributed by atoms with Gasteiger partial charge in [-0.05, 0) is 11.1 Å². The lowest BCUT2D eigenvalue weighted by Crippen LogP contribution is -2.36. The van der Waals surface area contributed by atoms with Crippen molar-refractivity contribution < 1.29 is 29.3 Å². The van der Waals surface area contributed by atoms with E-state index in [2.05, 4.69) is 4.98 Å². The second-order valence-corrected chi connectivity index (χ2v) is 7.43. The van der Waals surface area contributed by atoms with Gasteiger partial charge in [0.15, 0.2) is 0 Å². The van der Waals surface area contributed by atoms with Crippen molar-refractivity contribution in [3.63, 3.8) is 0 Å². The summed E-state index contributed by atoms with van der Waals surface area (Å²) in [6, 6.07) is 22.9. The second kappa shape index (κ2) is 12.2. The highest BCUT2D eigenvalue weighted by atomic mass is 16.5. The molecule has 0 bridgehead atoms. The first-order valence-corrected chi connectivity index (χ1v) is 10.5. The fourth-order valence-electron chi connectivity index (χ4n) is 3.16. The minimum Gasteiger partial charge on any atom is -0.489 e. The molecule has 1 aromatic heterocycles. The zero-order valence-electron chi connectivity index (χ0n) is 18.1. The van der Waals surface area contributed by atoms with Crippen LogP contribution in [0.15, 0.2) is 72.8 Å². The van der Waals surface area contributed by atoms with Crippen molar-refractivity contribution in [3.8, 4) is 11.6 Å². The zero-order chi connectivity index (χ0) is 23.5. The number of ether oxygens (including phenoxy) is 2. The van der Waals surface area contributed by atoms with Crippen molar-refractivity contribution >= 4 is 11.9 Å². The van der Waals surface area contributed by atoms with Gasteiger partial charge in [0.05, 0.1) is 13.1 Å². The third-order valence-electron chi connectivity index (χ3n) is 4.71. The summed E-state index contributed by atoms with van der Waals surface area (Å²) in [4.78, 5) is 28.0. The predicted molar refractivity (Wildman–Crippen MR) is 121 cm³/mol. The molecule has 3 aromatic rings. The van der Waals surface area contributed by atoms with Crippen LogP contribution in [0.5, 0.6) is 11.6 Å². The maximum atomic E-state index is 11.1. The SMILES string of the molecule is O=C(O)CN(CCc1cc(OCc2ccccc2)cc(OCc2ccccc2)n1)CC(=O)O. The van der Waals surface area contributed by atoms with Crippen LogP contribution in [-0.4, -0.2) is 51.7 Å². The largest absolute Gasteiger partial charge is 0.489 e. The Morgan fingerprint density at radius 3 is 1.88 bits per heavy atom. The van der Waals surface area contributed by atoms with Gasteiger partial charge in [-0.15, -0.1) is 0 Å². The van der Waals surface area contributed by atoms with E-state index in [0.717, 1.165) is 11.1 Å². The minimum absolute atomic E-state index is 0.214. The summed E-state index contributed by atoms with van der Waals surface area (Å²) >= 11 is 0. The number of benzene rings is 2. The molecule has 8 heteroatoms. The lowest BCUT2D eigenvalue weighted by molar-refractivity contribution is -0.141. The highest BCUT2D eigenvalue weighted by Gasteiger charge is 2.15. The average Bonchev–Trinajstić information content (AvgIpc) is 2.80. The van der Waals surface area contributed by atoms with Gasteiger partial charge in [0, 0.05) is 30.8 Å². The van der Waals surface area contributed by atoms with E-state index < -0.39 is 11.9 Å². The first-order valence-electron chi connectivity index (χ1n) is 10.5. The molecule has 0 aliphatic rings. The lowest BCUT2D eigenvalue weighted by atomic mass is 10.2. The van der Waals surface area contributed by atoms with Crippen LogP contribution in [0, 0.1) is 0 Å². The summed E-state index contributed by atoms with van der Waals surface area (Å²) in [5, 5.41) is 18.1. The molecular weight excluding hydrogens is 424 g/mol. The maximum absolute atomic E-state index is 11.1. The number of carbonyl (C=O) groups is 2. The molecule has 0 atom stereocenters. The Hall–Kier alpha value is -3.91. The van der Waals surface area contributed by atoms with Crippen LogP contribution in [-0.2, 0) is 29.2 Å². The van der Waals surface area contributed by atoms with Gasteiger partial charge in [-0.1, -0.05) is 60.7 Å². The number of carboxylic acid groups (broad SMARTS) is 2. The van der Waals surface area contributed by atoms with E-state index in [-0.39, 0.29) is 19.6 Å². The molecule has 0 spiro atoms. The summed E-state index contributed by atoms with van der Waals surface area (Å²) in [6.45, 7) is 0.180. The molecule has 0 fully saturated rings. The van der Waals surface area contributed by atoms with Crippen molar-refractivity contribution in [1.29, 1.82) is 0 Å². The quantitative estimate of drug-likeness (QED) is 0.408. The van der Waals surface area contributed by atoms with E-state index in [4.69, 9.17) is 19.7 Å². The van der Waals surface area contributed by atoms with E-state index in [1.807, 2.05) is 60.7 Å². The van der Waals surface area contributed by atoms with Crippen molar-refractivity contribution in [2.75, 3.05) is 19.6 Å². The highest BCUT2D eigenvalue weighted by molar-refractivity contribution is 5.72. The number of rotatable bonds is 13. The molecule has 0 saturated heterocycles. The lowest BCUT2D eigenvalue weighted by Gasteiger charge is -2.18. The van der Waals surface area contributed by atoms with E-state index in [0.29, 0.717) is 37.0 Å².